The van der Waals surface area contributed by atoms with Crippen LogP contribution in [-0.4, -0.2) is 36.7 Å². The van der Waals surface area contributed by atoms with Crippen LogP contribution in [0.3, 0.4) is 0 Å². The van der Waals surface area contributed by atoms with Gasteiger partial charge in [-0.25, -0.2) is 4.79 Å². The van der Waals surface area contributed by atoms with Gasteiger partial charge < -0.3 is 15.0 Å². The lowest BCUT2D eigenvalue weighted by Gasteiger charge is -2.38. The topological polar surface area (TPSA) is 65.4 Å². The van der Waals surface area contributed by atoms with Crippen LogP contribution >= 0.6 is 0 Å². The Morgan fingerprint density at radius 2 is 2.00 bits per heavy atom. The number of ether oxygens (including phenoxy) is 1. The second-order valence-electron chi connectivity index (χ2n) is 8.15. The highest BCUT2D eigenvalue weighted by Gasteiger charge is 2.31. The summed E-state index contributed by atoms with van der Waals surface area (Å²) in [5.74, 6) is 0.606. The molecule has 5 nitrogen and oxygen atoms in total. The molecule has 2 amide bonds. The first kappa shape index (κ1) is 18.3. The molecule has 3 aliphatic rings. The number of nitriles is 1. The number of carbonyl (C=O) groups excluding carboxylic acids is 1. The normalized spacial score (nSPS) is 26.1. The van der Waals surface area contributed by atoms with Crippen molar-refractivity contribution in [2.24, 2.45) is 5.92 Å². The lowest BCUT2D eigenvalue weighted by atomic mass is 9.86. The van der Waals surface area contributed by atoms with E-state index in [9.17, 15) is 4.79 Å². The van der Waals surface area contributed by atoms with Crippen LogP contribution in [0.15, 0.2) is 18.2 Å². The van der Waals surface area contributed by atoms with Gasteiger partial charge in [-0.2, -0.15) is 5.26 Å². The van der Waals surface area contributed by atoms with Crippen LogP contribution in [0, 0.1) is 17.2 Å². The minimum absolute atomic E-state index is 0.0558. The summed E-state index contributed by atoms with van der Waals surface area (Å²) in [6, 6.07) is 8.18. The van der Waals surface area contributed by atoms with Crippen molar-refractivity contribution in [2.45, 2.75) is 63.5 Å². The predicted molar refractivity (Wildman–Crippen MR) is 103 cm³/mol. The van der Waals surface area contributed by atoms with Crippen LogP contribution in [0.1, 0.15) is 67.7 Å². The van der Waals surface area contributed by atoms with Crippen molar-refractivity contribution in [2.75, 3.05) is 19.7 Å². The number of hydrogen-bond acceptors (Lipinski definition) is 3. The molecular weight excluding hydrogens is 338 g/mol. The number of urea groups is 1. The van der Waals surface area contributed by atoms with Crippen LogP contribution in [0.4, 0.5) is 4.79 Å². The third-order valence-electron chi connectivity index (χ3n) is 6.45. The molecule has 2 heterocycles. The van der Waals surface area contributed by atoms with Crippen LogP contribution in [0.25, 0.3) is 0 Å². The van der Waals surface area contributed by atoms with Gasteiger partial charge in [-0.1, -0.05) is 6.07 Å². The van der Waals surface area contributed by atoms with Gasteiger partial charge >= 0.3 is 6.03 Å². The number of nitrogens with one attached hydrogen (secondary N) is 1. The molecule has 2 fully saturated rings. The lowest BCUT2D eigenvalue weighted by molar-refractivity contribution is -0.0349. The highest BCUT2D eigenvalue weighted by Crippen LogP contribution is 2.32. The first-order chi connectivity index (χ1) is 13.2. The van der Waals surface area contributed by atoms with Crippen LogP contribution in [0.5, 0.6) is 0 Å². The molecule has 1 aliphatic carbocycles. The van der Waals surface area contributed by atoms with Crippen molar-refractivity contribution >= 4 is 6.03 Å². The smallest absolute Gasteiger partial charge is 0.317 e. The zero-order valence-electron chi connectivity index (χ0n) is 16.0. The van der Waals surface area contributed by atoms with E-state index in [-0.39, 0.29) is 12.1 Å². The molecule has 0 saturated carbocycles. The molecule has 2 aliphatic heterocycles. The fourth-order valence-electron chi connectivity index (χ4n) is 4.89. The number of likely N-dealkylation sites (tertiary alicyclic amines) is 1. The summed E-state index contributed by atoms with van der Waals surface area (Å²) in [6.45, 7) is 2.55. The van der Waals surface area contributed by atoms with Crippen molar-refractivity contribution in [3.05, 3.63) is 34.9 Å². The molecule has 0 radical (unpaired) electrons. The maximum Gasteiger partial charge on any atom is 0.317 e. The Morgan fingerprint density at radius 1 is 1.15 bits per heavy atom. The summed E-state index contributed by atoms with van der Waals surface area (Å²) >= 11 is 0. The Bertz CT molecular complexity index is 713. The molecule has 0 aromatic heterocycles. The molecule has 2 atom stereocenters. The fourth-order valence-corrected chi connectivity index (χ4v) is 4.89. The highest BCUT2D eigenvalue weighted by atomic mass is 16.5. The number of rotatable bonds is 2. The average Bonchev–Trinajstić information content (AvgIpc) is 2.74. The quantitative estimate of drug-likeness (QED) is 0.861. The average molecular weight is 367 g/mol. The van der Waals surface area contributed by atoms with E-state index >= 15 is 0 Å². The summed E-state index contributed by atoms with van der Waals surface area (Å²) in [5.41, 5.74) is 3.09. The Morgan fingerprint density at radius 3 is 2.74 bits per heavy atom. The molecule has 4 rings (SSSR count). The van der Waals surface area contributed by atoms with Gasteiger partial charge in [-0.15, -0.1) is 0 Å². The summed E-state index contributed by atoms with van der Waals surface area (Å²) in [6.07, 6.45) is 9.16. The Kier molecular flexibility index (Phi) is 5.63. The van der Waals surface area contributed by atoms with Gasteiger partial charge in [-0.05, 0) is 80.5 Å². The fraction of sp³-hybridized carbons (Fsp3) is 0.636. The number of carbonyl (C=O) groups is 1. The molecule has 5 heteroatoms. The van der Waals surface area contributed by atoms with E-state index < -0.39 is 0 Å². The number of nitrogens with zero attached hydrogens (tertiary/aromatic N) is 2. The maximum absolute atomic E-state index is 12.8. The van der Waals surface area contributed by atoms with Gasteiger partial charge in [-0.3, -0.25) is 0 Å². The second kappa shape index (κ2) is 8.31. The van der Waals surface area contributed by atoms with E-state index in [0.29, 0.717) is 17.6 Å². The first-order valence-corrected chi connectivity index (χ1v) is 10.4. The monoisotopic (exact) mass is 367 g/mol. The van der Waals surface area contributed by atoms with E-state index in [1.165, 1.54) is 30.4 Å². The molecular formula is C22H29N3O2. The second-order valence-corrected chi connectivity index (χ2v) is 8.15. The van der Waals surface area contributed by atoms with E-state index in [2.05, 4.69) is 11.4 Å². The van der Waals surface area contributed by atoms with Gasteiger partial charge in [0.2, 0.25) is 0 Å². The molecule has 1 aromatic rings. The van der Waals surface area contributed by atoms with Gasteiger partial charge in [0.15, 0.2) is 0 Å². The van der Waals surface area contributed by atoms with Crippen molar-refractivity contribution in [3.8, 4) is 6.07 Å². The SMILES string of the molecule is N#Cc1ccc2c(c1)CCCC2NC(=O)N1CCC(C2CCCCO2)CC1. The summed E-state index contributed by atoms with van der Waals surface area (Å²) in [5, 5.41) is 12.4. The maximum atomic E-state index is 12.8. The van der Waals surface area contributed by atoms with Crippen molar-refractivity contribution in [1.29, 1.82) is 5.26 Å². The Balaban J connectivity index is 1.33. The van der Waals surface area contributed by atoms with Gasteiger partial charge in [0.05, 0.1) is 23.8 Å². The molecule has 0 bridgehead atoms. The predicted octanol–water partition coefficient (Wildman–Crippen LogP) is 3.93. The van der Waals surface area contributed by atoms with Crippen molar-refractivity contribution in [1.82, 2.24) is 10.2 Å². The minimum atomic E-state index is 0.0558. The highest BCUT2D eigenvalue weighted by molar-refractivity contribution is 5.75. The number of aryl methyl sites for hydroxylation is 1. The number of benzene rings is 1. The molecule has 1 N–H and O–H groups in total. The summed E-state index contributed by atoms with van der Waals surface area (Å²) in [7, 11) is 0. The van der Waals surface area contributed by atoms with Gasteiger partial charge in [0.1, 0.15) is 0 Å². The standard InChI is InChI=1S/C22H29N3O2/c23-15-16-7-8-19-18(14-16)4-3-5-20(19)24-22(26)25-11-9-17(10-12-25)21-6-1-2-13-27-21/h7-8,14,17,20-21H,1-6,9-13H2,(H,24,26). The first-order valence-electron chi connectivity index (χ1n) is 10.4. The van der Waals surface area contributed by atoms with Crippen LogP contribution in [0.2, 0.25) is 0 Å². The third-order valence-corrected chi connectivity index (χ3v) is 6.45. The summed E-state index contributed by atoms with van der Waals surface area (Å²) < 4.78 is 5.95. The Hall–Kier alpha value is -2.06. The number of fused-ring (bicyclic) bond motifs is 1. The van der Waals surface area contributed by atoms with E-state index in [4.69, 9.17) is 10.00 Å². The lowest BCUT2D eigenvalue weighted by Crippen LogP contribution is -2.47. The number of piperidine rings is 1. The van der Waals surface area contributed by atoms with Crippen LogP contribution in [-0.2, 0) is 11.2 Å². The molecule has 0 spiro atoms. The molecule has 144 valence electrons. The van der Waals surface area contributed by atoms with Gasteiger partial charge in [0, 0.05) is 19.7 Å². The van der Waals surface area contributed by atoms with Crippen LogP contribution < -0.4 is 5.32 Å². The number of amides is 2. The molecule has 2 unspecified atom stereocenters. The van der Waals surface area contributed by atoms with Crippen molar-refractivity contribution in [3.63, 3.8) is 0 Å². The third kappa shape index (κ3) is 4.11. The molecule has 27 heavy (non-hydrogen) atoms. The largest absolute Gasteiger partial charge is 0.378 e. The van der Waals surface area contributed by atoms with Gasteiger partial charge in [0.25, 0.3) is 0 Å². The van der Waals surface area contributed by atoms with Crippen molar-refractivity contribution < 1.29 is 9.53 Å². The zero-order chi connectivity index (χ0) is 18.6. The van der Waals surface area contributed by atoms with E-state index in [0.717, 1.165) is 51.8 Å². The molecule has 1 aromatic carbocycles. The molecule has 2 saturated heterocycles. The van der Waals surface area contributed by atoms with E-state index in [1.807, 2.05) is 23.1 Å². The summed E-state index contributed by atoms with van der Waals surface area (Å²) in [4.78, 5) is 14.8. The Labute approximate surface area is 161 Å². The minimum Gasteiger partial charge on any atom is -0.378 e. The number of hydrogen-bond donors (Lipinski definition) is 1. The zero-order valence-corrected chi connectivity index (χ0v) is 16.0. The van der Waals surface area contributed by atoms with E-state index in [1.54, 1.807) is 0 Å².